The molecule has 13 nitrogen and oxygen atoms in total. The maximum absolute atomic E-state index is 14.3. The zero-order valence-corrected chi connectivity index (χ0v) is 20.8. The van der Waals surface area contributed by atoms with Crippen molar-refractivity contribution in [3.05, 3.63) is 58.9 Å². The summed E-state index contributed by atoms with van der Waals surface area (Å²) in [6.07, 6.45) is -1.84. The largest absolute Gasteiger partial charge is 0.547 e. The second-order valence-electron chi connectivity index (χ2n) is 9.04. The third-order valence-corrected chi connectivity index (χ3v) is 6.58. The zero-order chi connectivity index (χ0) is 28.4. The predicted octanol–water partition coefficient (Wildman–Crippen LogP) is -1.03. The number of nitrogens with zero attached hydrogens (tertiary/aromatic N) is 2. The van der Waals surface area contributed by atoms with Gasteiger partial charge >= 0.3 is 25.0 Å². The number of anilines is 1. The van der Waals surface area contributed by atoms with Crippen LogP contribution in [0.25, 0.3) is 0 Å². The van der Waals surface area contributed by atoms with Crippen LogP contribution in [0.1, 0.15) is 35.9 Å². The summed E-state index contributed by atoms with van der Waals surface area (Å²) >= 11 is 0. The average Bonchev–Trinajstić information content (AvgIpc) is 2.90. The number of piperazine rings is 1. The number of urea groups is 1. The minimum Gasteiger partial charge on any atom is -0.534 e. The van der Waals surface area contributed by atoms with Gasteiger partial charge in [0, 0.05) is 25.2 Å². The van der Waals surface area contributed by atoms with Crippen LogP contribution in [-0.4, -0.2) is 81.5 Å². The number of hydrogen-bond acceptors (Lipinski definition) is 9. The van der Waals surface area contributed by atoms with E-state index >= 15 is 0 Å². The molecule has 0 spiro atoms. The van der Waals surface area contributed by atoms with Crippen molar-refractivity contribution in [1.29, 1.82) is 0 Å². The first-order valence-electron chi connectivity index (χ1n) is 12.1. The van der Waals surface area contributed by atoms with Gasteiger partial charge in [-0.05, 0) is 36.6 Å². The van der Waals surface area contributed by atoms with Gasteiger partial charge in [-0.25, -0.2) is 9.18 Å². The fraction of sp³-hybridized carbons (Fsp3) is 0.333. The third-order valence-electron chi connectivity index (χ3n) is 6.58. The number of benzene rings is 2. The molecule has 0 aromatic heterocycles. The summed E-state index contributed by atoms with van der Waals surface area (Å²) in [6.45, 7) is 1.96. The van der Waals surface area contributed by atoms with E-state index in [-0.39, 0.29) is 48.6 Å². The molecule has 1 saturated heterocycles. The highest BCUT2D eigenvalue weighted by Crippen LogP contribution is 2.33. The molecule has 2 aromatic carbocycles. The molecule has 0 radical (unpaired) electrons. The molecular weight excluding hydrogens is 516 g/mol. The molecule has 15 heteroatoms. The first-order valence-corrected chi connectivity index (χ1v) is 12.1. The number of carbonyl (C=O) groups is 4. The van der Waals surface area contributed by atoms with Crippen LogP contribution >= 0.6 is 0 Å². The van der Waals surface area contributed by atoms with E-state index in [1.54, 1.807) is 19.1 Å². The van der Waals surface area contributed by atoms with E-state index in [1.165, 1.54) is 23.1 Å². The summed E-state index contributed by atoms with van der Waals surface area (Å²) in [5, 5.41) is 34.6. The number of imide groups is 1. The van der Waals surface area contributed by atoms with Crippen LogP contribution in [0, 0.1) is 5.82 Å². The van der Waals surface area contributed by atoms with E-state index in [0.717, 1.165) is 6.07 Å². The number of amides is 5. The molecule has 0 saturated carbocycles. The molecule has 2 atom stereocenters. The van der Waals surface area contributed by atoms with E-state index in [4.69, 9.17) is 10.4 Å². The molecule has 4 rings (SSSR count). The van der Waals surface area contributed by atoms with Crippen molar-refractivity contribution in [2.45, 2.75) is 31.6 Å². The molecule has 1 fully saturated rings. The van der Waals surface area contributed by atoms with Crippen LogP contribution in [0.15, 0.2) is 36.4 Å². The number of nitrogens with two attached hydrogens (primary N) is 1. The van der Waals surface area contributed by atoms with Crippen molar-refractivity contribution in [3.63, 3.8) is 0 Å². The Bertz CT molecular complexity index is 1310. The highest BCUT2D eigenvalue weighted by atomic mass is 19.1. The standard InChI is InChI=1S/C24H27BFN5O8/c1-2-30-8-9-31(22(34)21(30)33)24(37)29-18(12-6-7-16(27)15(26)10-12)20(32)28-17-11-13-4-3-5-14(23(35)36)19(13)39-25(17)38/h3-7,10,17-18,23,35-36,38H,2,8-9,11,27H2,1H3,(H,28,32)(H,29,37)/t17-,18?/m0/s1. The molecule has 0 bridgehead atoms. The molecular formula is C24H27BFN5O8. The maximum atomic E-state index is 14.3. The van der Waals surface area contributed by atoms with Crippen LogP contribution in [0.3, 0.4) is 0 Å². The highest BCUT2D eigenvalue weighted by Gasteiger charge is 2.40. The van der Waals surface area contributed by atoms with Crippen LogP contribution in [0.5, 0.6) is 5.75 Å². The summed E-state index contributed by atoms with van der Waals surface area (Å²) in [4.78, 5) is 53.1. The second-order valence-corrected chi connectivity index (χ2v) is 9.04. The Hall–Kier alpha value is -4.21. The van der Waals surface area contributed by atoms with Crippen molar-refractivity contribution < 1.29 is 43.5 Å². The van der Waals surface area contributed by atoms with E-state index in [2.05, 4.69) is 10.6 Å². The van der Waals surface area contributed by atoms with Gasteiger partial charge in [-0.15, -0.1) is 0 Å². The number of nitrogen functional groups attached to an aromatic ring is 1. The molecule has 206 valence electrons. The summed E-state index contributed by atoms with van der Waals surface area (Å²) in [6, 6.07) is 5.41. The van der Waals surface area contributed by atoms with Gasteiger partial charge in [-0.1, -0.05) is 24.3 Å². The van der Waals surface area contributed by atoms with Gasteiger partial charge in [0.15, 0.2) is 6.29 Å². The Kier molecular flexibility index (Phi) is 8.04. The van der Waals surface area contributed by atoms with Crippen molar-refractivity contribution in [2.24, 2.45) is 0 Å². The predicted molar refractivity (Wildman–Crippen MR) is 134 cm³/mol. The Morgan fingerprint density at radius 1 is 1.21 bits per heavy atom. The van der Waals surface area contributed by atoms with Crippen LogP contribution in [0.2, 0.25) is 0 Å². The van der Waals surface area contributed by atoms with Crippen molar-refractivity contribution in [3.8, 4) is 5.75 Å². The first kappa shape index (κ1) is 27.8. The topological polar surface area (TPSA) is 195 Å². The summed E-state index contributed by atoms with van der Waals surface area (Å²) in [7, 11) is -1.61. The normalized spacial score (nSPS) is 18.0. The lowest BCUT2D eigenvalue weighted by atomic mass is 9.72. The van der Waals surface area contributed by atoms with Gasteiger partial charge in [0.1, 0.15) is 17.6 Å². The zero-order valence-electron chi connectivity index (χ0n) is 20.8. The molecule has 2 aliphatic rings. The molecule has 2 aliphatic heterocycles. The number of rotatable bonds is 6. The van der Waals surface area contributed by atoms with Gasteiger partial charge in [0.05, 0.1) is 11.6 Å². The fourth-order valence-corrected chi connectivity index (χ4v) is 4.44. The number of nitrogens with one attached hydrogen (secondary N) is 2. The van der Waals surface area contributed by atoms with Crippen molar-refractivity contribution >= 4 is 36.6 Å². The van der Waals surface area contributed by atoms with Gasteiger partial charge in [-0.2, -0.15) is 0 Å². The number of para-hydroxylation sites is 1. The SMILES string of the molecule is CCN1CCN(C(=O)NC(C(=O)N[C@H]2Cc3cccc(C(O)O)c3OB2O)c2ccc(N)c(F)c2)C(=O)C1=O. The number of aliphatic hydroxyl groups is 2. The third kappa shape index (κ3) is 5.65. The number of likely N-dealkylation sites (N-methyl/N-ethyl adjacent to an activating group) is 1. The molecule has 39 heavy (non-hydrogen) atoms. The second kappa shape index (κ2) is 11.3. The average molecular weight is 543 g/mol. The van der Waals surface area contributed by atoms with Gasteiger partial charge < -0.3 is 41.2 Å². The summed E-state index contributed by atoms with van der Waals surface area (Å²) in [5.41, 5.74) is 5.82. The molecule has 2 heterocycles. The van der Waals surface area contributed by atoms with Crippen LogP contribution in [-0.2, 0) is 20.8 Å². The minimum absolute atomic E-state index is 0.0178. The van der Waals surface area contributed by atoms with Gasteiger partial charge in [-0.3, -0.25) is 19.3 Å². The highest BCUT2D eigenvalue weighted by molar-refractivity contribution is 6.47. The van der Waals surface area contributed by atoms with Crippen molar-refractivity contribution in [2.75, 3.05) is 25.4 Å². The van der Waals surface area contributed by atoms with Gasteiger partial charge in [0.25, 0.3) is 0 Å². The number of hydrogen-bond donors (Lipinski definition) is 6. The Balaban J connectivity index is 1.57. The lowest BCUT2D eigenvalue weighted by Gasteiger charge is -2.33. The van der Waals surface area contributed by atoms with E-state index < -0.39 is 55.0 Å². The fourth-order valence-electron chi connectivity index (χ4n) is 4.44. The molecule has 7 N–H and O–H groups in total. The molecule has 2 aromatic rings. The Morgan fingerprint density at radius 3 is 2.62 bits per heavy atom. The minimum atomic E-state index is -1.85. The van der Waals surface area contributed by atoms with E-state index in [9.17, 15) is 38.8 Å². The van der Waals surface area contributed by atoms with E-state index in [0.29, 0.717) is 10.5 Å². The number of fused-ring (bicyclic) bond motifs is 1. The lowest BCUT2D eigenvalue weighted by molar-refractivity contribution is -0.153. The van der Waals surface area contributed by atoms with Crippen LogP contribution in [0.4, 0.5) is 14.9 Å². The first-order chi connectivity index (χ1) is 18.5. The molecule has 1 unspecified atom stereocenters. The van der Waals surface area contributed by atoms with Crippen LogP contribution < -0.4 is 21.0 Å². The van der Waals surface area contributed by atoms with E-state index in [1.807, 2.05) is 0 Å². The Labute approximate surface area is 222 Å². The maximum Gasteiger partial charge on any atom is 0.547 e. The van der Waals surface area contributed by atoms with Crippen molar-refractivity contribution in [1.82, 2.24) is 20.4 Å². The molecule has 5 amide bonds. The smallest absolute Gasteiger partial charge is 0.534 e. The van der Waals surface area contributed by atoms with Gasteiger partial charge in [0.2, 0.25) is 5.91 Å². The molecule has 0 aliphatic carbocycles. The summed E-state index contributed by atoms with van der Waals surface area (Å²) in [5.74, 6) is -4.67. The number of carbonyl (C=O) groups excluding carboxylic acids is 4. The lowest BCUT2D eigenvalue weighted by Crippen LogP contribution is -2.60. The quantitative estimate of drug-likeness (QED) is 0.114. The number of aliphatic hydroxyl groups excluding tert-OH is 1. The monoisotopic (exact) mass is 543 g/mol. The summed E-state index contributed by atoms with van der Waals surface area (Å²) < 4.78 is 19.7. The number of halogens is 1. The Morgan fingerprint density at radius 2 is 1.95 bits per heavy atom.